The van der Waals surface area contributed by atoms with Crippen LogP contribution in [-0.4, -0.2) is 0 Å². The monoisotopic (exact) mass is 676 g/mol. The Bertz CT molecular complexity index is 2700. The highest BCUT2D eigenvalue weighted by molar-refractivity contribution is 5.87. The van der Waals surface area contributed by atoms with E-state index in [1.54, 1.807) is 0 Å². The zero-order valence-corrected chi connectivity index (χ0v) is 30.9. The van der Waals surface area contributed by atoms with Gasteiger partial charge in [-0.25, -0.2) is 0 Å². The minimum Gasteiger partial charge on any atom is -0.0802 e. The molecule has 0 aromatic heterocycles. The van der Waals surface area contributed by atoms with Gasteiger partial charge in [0.2, 0.25) is 0 Å². The smallest absolute Gasteiger partial charge is 0.0802 e. The first-order chi connectivity index (χ1) is 25.9. The van der Waals surface area contributed by atoms with Gasteiger partial charge >= 0.3 is 0 Å². The van der Waals surface area contributed by atoms with Gasteiger partial charge in [-0.1, -0.05) is 157 Å². The second kappa shape index (κ2) is 10.6. The molecule has 0 aliphatic heterocycles. The van der Waals surface area contributed by atoms with Gasteiger partial charge in [0.25, 0.3) is 0 Å². The van der Waals surface area contributed by atoms with Crippen LogP contribution in [0.25, 0.3) is 11.1 Å². The lowest BCUT2D eigenvalue weighted by molar-refractivity contribution is 0.644. The van der Waals surface area contributed by atoms with Gasteiger partial charge in [-0.15, -0.1) is 0 Å². The van der Waals surface area contributed by atoms with Crippen LogP contribution in [0.1, 0.15) is 106 Å². The van der Waals surface area contributed by atoms with Crippen molar-refractivity contribution in [1.29, 1.82) is 0 Å². The van der Waals surface area contributed by atoms with Crippen molar-refractivity contribution in [2.24, 2.45) is 0 Å². The Labute approximate surface area is 313 Å². The molecular weight excluding hydrogens is 637 g/mol. The van der Waals surface area contributed by atoms with Gasteiger partial charge in [0, 0.05) is 11.8 Å². The molecule has 13 rings (SSSR count). The van der Waals surface area contributed by atoms with Crippen LogP contribution in [0.5, 0.6) is 0 Å². The highest BCUT2D eigenvalue weighted by atomic mass is 14.6. The van der Waals surface area contributed by atoms with E-state index in [4.69, 9.17) is 0 Å². The van der Waals surface area contributed by atoms with E-state index >= 15 is 0 Å². The van der Waals surface area contributed by atoms with Crippen molar-refractivity contribution in [1.82, 2.24) is 0 Å². The predicted octanol–water partition coefficient (Wildman–Crippen LogP) is 11.9. The van der Waals surface area contributed by atoms with E-state index in [0.29, 0.717) is 0 Å². The zero-order valence-electron chi connectivity index (χ0n) is 30.9. The minimum atomic E-state index is -0.692. The molecule has 7 aromatic rings. The van der Waals surface area contributed by atoms with Crippen LogP contribution < -0.4 is 0 Å². The maximum atomic E-state index is 4.36. The third-order valence-electron chi connectivity index (χ3n) is 13.2. The molecule has 252 valence electrons. The predicted molar refractivity (Wildman–Crippen MR) is 217 cm³/mol. The van der Waals surface area contributed by atoms with Crippen molar-refractivity contribution in [3.63, 3.8) is 0 Å². The van der Waals surface area contributed by atoms with E-state index in [-0.39, 0.29) is 11.8 Å². The molecule has 0 radical (unpaired) electrons. The first kappa shape index (κ1) is 30.7. The zero-order chi connectivity index (χ0) is 35.8. The Morgan fingerprint density at radius 3 is 1.36 bits per heavy atom. The molecule has 0 heterocycles. The average molecular weight is 677 g/mol. The molecule has 0 saturated heterocycles. The molecule has 0 atom stereocenters. The van der Waals surface area contributed by atoms with Gasteiger partial charge in [0.05, 0.1) is 0 Å². The van der Waals surface area contributed by atoms with Crippen molar-refractivity contribution >= 4 is 0 Å². The molecule has 0 N–H and O–H groups in total. The van der Waals surface area contributed by atoms with Crippen LogP contribution in [0.3, 0.4) is 0 Å². The number of aryl methyl sites for hydroxylation is 5. The molecule has 0 nitrogen and oxygen atoms in total. The molecule has 0 saturated carbocycles. The molecule has 53 heavy (non-hydrogen) atoms. The molecule has 0 unspecified atom stereocenters. The molecule has 6 aliphatic rings. The number of hydrogen-bond acceptors (Lipinski definition) is 0. The molecule has 0 heteroatoms. The standard InChI is InChI=1S/C53H40/c1-31-29-34(4)46(35(5)30-31)40-19-14-20-41-48-36-15-6-10-21-42(36)53(51(40)41,43-22-11-7-16-37(43)48)28-27-52-44-23-12-8-17-38(44)49(39-18-9-13-24-45(39)52)47-32(2)25-26-33(3)50(47)52/h6-26,29-30,48-49H,1-5H3. The second-order valence-corrected chi connectivity index (χ2v) is 16.0. The van der Waals surface area contributed by atoms with Crippen molar-refractivity contribution in [2.45, 2.75) is 57.3 Å². The first-order valence-corrected chi connectivity index (χ1v) is 19.1. The fraction of sp³-hybridized carbons (Fsp3) is 0.170. The van der Waals surface area contributed by atoms with Gasteiger partial charge in [-0.2, -0.15) is 0 Å². The van der Waals surface area contributed by atoms with Crippen LogP contribution in [-0.2, 0) is 10.8 Å². The van der Waals surface area contributed by atoms with E-state index in [9.17, 15) is 0 Å². The second-order valence-electron chi connectivity index (χ2n) is 16.0. The van der Waals surface area contributed by atoms with E-state index in [1.165, 1.54) is 106 Å². The summed E-state index contributed by atoms with van der Waals surface area (Å²) >= 11 is 0. The largest absolute Gasteiger partial charge is 0.108 e. The van der Waals surface area contributed by atoms with Crippen LogP contribution in [0.15, 0.2) is 140 Å². The van der Waals surface area contributed by atoms with E-state index in [2.05, 4.69) is 186 Å². The highest BCUT2D eigenvalue weighted by Crippen LogP contribution is 2.63. The fourth-order valence-corrected chi connectivity index (χ4v) is 11.5. The van der Waals surface area contributed by atoms with E-state index in [1.807, 2.05) is 0 Å². The van der Waals surface area contributed by atoms with Gasteiger partial charge < -0.3 is 0 Å². The lowest BCUT2D eigenvalue weighted by atomic mass is 9.50. The van der Waals surface area contributed by atoms with Crippen molar-refractivity contribution < 1.29 is 0 Å². The summed E-state index contributed by atoms with van der Waals surface area (Å²) in [4.78, 5) is 0. The lowest BCUT2D eigenvalue weighted by Gasteiger charge is -2.51. The Hall–Kier alpha value is -5.90. The Kier molecular flexibility index (Phi) is 6.13. The van der Waals surface area contributed by atoms with Crippen LogP contribution in [0, 0.1) is 46.5 Å². The maximum Gasteiger partial charge on any atom is 0.108 e. The summed E-state index contributed by atoms with van der Waals surface area (Å²) in [5.41, 5.74) is 24.3. The van der Waals surface area contributed by atoms with E-state index in [0.717, 1.165) is 0 Å². The van der Waals surface area contributed by atoms with Gasteiger partial charge in [0.15, 0.2) is 0 Å². The molecule has 4 bridgehead atoms. The van der Waals surface area contributed by atoms with Crippen LogP contribution in [0.2, 0.25) is 0 Å². The number of benzene rings is 7. The maximum absolute atomic E-state index is 4.36. The Balaban J connectivity index is 1.33. The van der Waals surface area contributed by atoms with Crippen LogP contribution in [0.4, 0.5) is 0 Å². The fourth-order valence-electron chi connectivity index (χ4n) is 11.5. The summed E-state index contributed by atoms with van der Waals surface area (Å²) in [6.07, 6.45) is 0. The van der Waals surface area contributed by atoms with Crippen molar-refractivity contribution in [2.75, 3.05) is 0 Å². The van der Waals surface area contributed by atoms with Gasteiger partial charge in [0.1, 0.15) is 10.8 Å². The quantitative estimate of drug-likeness (QED) is 0.152. The summed E-state index contributed by atoms with van der Waals surface area (Å²) in [5, 5.41) is 0. The average Bonchev–Trinajstić information content (AvgIpc) is 3.18. The Morgan fingerprint density at radius 2 is 0.830 bits per heavy atom. The molecule has 0 spiro atoms. The topological polar surface area (TPSA) is 0 Å². The molecule has 0 fully saturated rings. The molecular formula is C53H40. The van der Waals surface area contributed by atoms with E-state index < -0.39 is 10.8 Å². The normalized spacial score (nSPS) is 21.7. The summed E-state index contributed by atoms with van der Waals surface area (Å²) in [6.45, 7) is 11.4. The Morgan fingerprint density at radius 1 is 0.396 bits per heavy atom. The number of hydrogen-bond donors (Lipinski definition) is 0. The number of rotatable bonds is 1. The lowest BCUT2D eigenvalue weighted by Crippen LogP contribution is -2.44. The van der Waals surface area contributed by atoms with Gasteiger partial charge in [-0.3, -0.25) is 0 Å². The van der Waals surface area contributed by atoms with Gasteiger partial charge in [-0.05, 0) is 135 Å². The summed E-state index contributed by atoms with van der Waals surface area (Å²) in [7, 11) is 0. The first-order valence-electron chi connectivity index (χ1n) is 19.1. The summed E-state index contributed by atoms with van der Waals surface area (Å²) < 4.78 is 0. The SMILES string of the molecule is Cc1cc(C)c(-c2cccc3c2C2(C#CC45c6ccccc6C(c6ccccc64)c4c(C)ccc(C)c45)c4ccccc4C3c3ccccc32)c(C)c1. The molecule has 7 aromatic carbocycles. The van der Waals surface area contributed by atoms with Crippen molar-refractivity contribution in [3.8, 4) is 23.0 Å². The summed E-state index contributed by atoms with van der Waals surface area (Å²) in [5.74, 6) is 9.05. The van der Waals surface area contributed by atoms with Crippen molar-refractivity contribution in [3.05, 3.63) is 234 Å². The molecule has 0 amide bonds. The van der Waals surface area contributed by atoms with Crippen LogP contribution >= 0.6 is 0 Å². The highest BCUT2D eigenvalue weighted by Gasteiger charge is 2.55. The summed E-state index contributed by atoms with van der Waals surface area (Å²) in [6, 6.07) is 53.1. The third kappa shape index (κ3) is 3.68. The molecule has 6 aliphatic carbocycles. The third-order valence-corrected chi connectivity index (χ3v) is 13.2. The minimum absolute atomic E-state index is 0.155.